The van der Waals surface area contributed by atoms with Gasteiger partial charge in [0.1, 0.15) is 6.07 Å². The van der Waals surface area contributed by atoms with Crippen LogP contribution in [0, 0.1) is 11.3 Å². The topological polar surface area (TPSA) is 36.7 Å². The van der Waals surface area contributed by atoms with Gasteiger partial charge in [0.2, 0.25) is 0 Å². The molecule has 0 saturated heterocycles. The van der Waals surface area contributed by atoms with E-state index >= 15 is 0 Å². The molecule has 74 valence electrons. The Morgan fingerprint density at radius 2 is 1.93 bits per heavy atom. The maximum absolute atomic E-state index is 8.95. The third-order valence-electron chi connectivity index (χ3n) is 2.29. The molecule has 1 rings (SSSR count). The molecule has 14 heavy (non-hydrogen) atoms. The molecule has 0 bridgehead atoms. The molecule has 1 heterocycles. The Hall–Kier alpha value is -1.36. The molecule has 0 aliphatic heterocycles. The molecule has 0 aromatic carbocycles. The molecule has 0 aliphatic rings. The molecule has 0 atom stereocenters. The van der Waals surface area contributed by atoms with E-state index in [0.29, 0.717) is 0 Å². The molecule has 0 unspecified atom stereocenters. The Balaban J connectivity index is 3.08. The van der Waals surface area contributed by atoms with Gasteiger partial charge in [-0.25, -0.2) is 0 Å². The molecule has 0 fully saturated rings. The Labute approximate surface area is 85.6 Å². The summed E-state index contributed by atoms with van der Waals surface area (Å²) < 4.78 is 0. The molecule has 1 aromatic rings. The summed E-state index contributed by atoms with van der Waals surface area (Å²) in [6.45, 7) is 4.28. The van der Waals surface area contributed by atoms with Crippen molar-refractivity contribution in [3.05, 3.63) is 29.1 Å². The number of pyridine rings is 1. The van der Waals surface area contributed by atoms with Gasteiger partial charge < -0.3 is 0 Å². The summed E-state index contributed by atoms with van der Waals surface area (Å²) in [6, 6.07) is 2.22. The van der Waals surface area contributed by atoms with Crippen LogP contribution in [0.2, 0.25) is 0 Å². The van der Waals surface area contributed by atoms with Crippen LogP contribution in [-0.2, 0) is 12.8 Å². The second kappa shape index (κ2) is 5.39. The van der Waals surface area contributed by atoms with E-state index in [0.717, 1.165) is 31.2 Å². The van der Waals surface area contributed by atoms with Crippen LogP contribution >= 0.6 is 0 Å². The zero-order valence-corrected chi connectivity index (χ0v) is 8.88. The minimum absolute atomic E-state index is 0.748. The van der Waals surface area contributed by atoms with Crippen molar-refractivity contribution in [1.82, 2.24) is 4.98 Å². The second-order valence-corrected chi connectivity index (χ2v) is 3.44. The van der Waals surface area contributed by atoms with Crippen molar-refractivity contribution in [2.24, 2.45) is 0 Å². The first kappa shape index (κ1) is 10.7. The highest BCUT2D eigenvalue weighted by atomic mass is 14.6. The van der Waals surface area contributed by atoms with Gasteiger partial charge in [0.25, 0.3) is 0 Å². The number of rotatable bonds is 4. The highest BCUT2D eigenvalue weighted by Gasteiger charge is 2.06. The maximum Gasteiger partial charge on any atom is 0.101 e. The fourth-order valence-electron chi connectivity index (χ4n) is 1.66. The van der Waals surface area contributed by atoms with Crippen molar-refractivity contribution >= 4 is 0 Å². The summed E-state index contributed by atoms with van der Waals surface area (Å²) in [5.74, 6) is 0. The van der Waals surface area contributed by atoms with Crippen molar-refractivity contribution in [2.75, 3.05) is 0 Å². The van der Waals surface area contributed by atoms with Gasteiger partial charge in [-0.3, -0.25) is 4.98 Å². The zero-order valence-electron chi connectivity index (χ0n) is 8.88. The van der Waals surface area contributed by atoms with Crippen LogP contribution in [0.4, 0.5) is 0 Å². The van der Waals surface area contributed by atoms with Crippen LogP contribution in [0.15, 0.2) is 12.4 Å². The molecule has 0 amide bonds. The van der Waals surface area contributed by atoms with E-state index < -0.39 is 0 Å². The van der Waals surface area contributed by atoms with E-state index in [-0.39, 0.29) is 0 Å². The van der Waals surface area contributed by atoms with Gasteiger partial charge in [-0.1, -0.05) is 26.7 Å². The first-order valence-electron chi connectivity index (χ1n) is 5.19. The van der Waals surface area contributed by atoms with Crippen LogP contribution in [0.3, 0.4) is 0 Å². The van der Waals surface area contributed by atoms with E-state index in [9.17, 15) is 0 Å². The van der Waals surface area contributed by atoms with E-state index in [2.05, 4.69) is 24.9 Å². The number of nitriles is 1. The predicted octanol–water partition coefficient (Wildman–Crippen LogP) is 2.86. The van der Waals surface area contributed by atoms with Crippen LogP contribution in [0.5, 0.6) is 0 Å². The summed E-state index contributed by atoms with van der Waals surface area (Å²) >= 11 is 0. The van der Waals surface area contributed by atoms with Gasteiger partial charge in [-0.2, -0.15) is 5.26 Å². The van der Waals surface area contributed by atoms with E-state index in [4.69, 9.17) is 5.26 Å². The minimum atomic E-state index is 0.748. The lowest BCUT2D eigenvalue weighted by molar-refractivity contribution is 0.850. The molecule has 2 heteroatoms. The Morgan fingerprint density at radius 3 is 2.50 bits per heavy atom. The number of aromatic nitrogens is 1. The molecular weight excluding hydrogens is 172 g/mol. The van der Waals surface area contributed by atoms with Gasteiger partial charge in [-0.15, -0.1) is 0 Å². The van der Waals surface area contributed by atoms with Crippen molar-refractivity contribution in [2.45, 2.75) is 39.5 Å². The summed E-state index contributed by atoms with van der Waals surface area (Å²) in [5, 5.41) is 8.95. The monoisotopic (exact) mass is 188 g/mol. The number of hydrogen-bond donors (Lipinski definition) is 0. The molecule has 1 aromatic heterocycles. The third kappa shape index (κ3) is 2.32. The predicted molar refractivity (Wildman–Crippen MR) is 56.9 cm³/mol. The van der Waals surface area contributed by atoms with Crippen LogP contribution < -0.4 is 0 Å². The molecule has 0 spiro atoms. The second-order valence-electron chi connectivity index (χ2n) is 3.44. The van der Waals surface area contributed by atoms with E-state index in [1.54, 1.807) is 6.20 Å². The maximum atomic E-state index is 8.95. The fraction of sp³-hybridized carbons (Fsp3) is 0.500. The van der Waals surface area contributed by atoms with Crippen LogP contribution in [-0.4, -0.2) is 4.98 Å². The highest BCUT2D eigenvalue weighted by molar-refractivity contribution is 5.40. The lowest BCUT2D eigenvalue weighted by atomic mass is 9.98. The van der Waals surface area contributed by atoms with Gasteiger partial charge >= 0.3 is 0 Å². The van der Waals surface area contributed by atoms with Crippen molar-refractivity contribution in [3.63, 3.8) is 0 Å². The average Bonchev–Trinajstić information content (AvgIpc) is 2.21. The SMILES string of the molecule is CCCc1cncc(C#N)c1CCC. The summed E-state index contributed by atoms with van der Waals surface area (Å²) in [5.41, 5.74) is 3.19. The Kier molecular flexibility index (Phi) is 4.12. The Morgan fingerprint density at radius 1 is 1.21 bits per heavy atom. The molecular formula is C12H16N2. The Bertz CT molecular complexity index is 337. The van der Waals surface area contributed by atoms with Gasteiger partial charge in [0.15, 0.2) is 0 Å². The normalized spacial score (nSPS) is 9.79. The average molecular weight is 188 g/mol. The van der Waals surface area contributed by atoms with Crippen LogP contribution in [0.25, 0.3) is 0 Å². The number of aryl methyl sites for hydroxylation is 1. The molecule has 0 aliphatic carbocycles. The standard InChI is InChI=1S/C12H16N2/c1-3-5-10-8-14-9-11(7-13)12(10)6-4-2/h8-9H,3-6H2,1-2H3. The fourth-order valence-corrected chi connectivity index (χ4v) is 1.66. The van der Waals surface area contributed by atoms with Crippen LogP contribution in [0.1, 0.15) is 43.4 Å². The first-order chi connectivity index (χ1) is 6.83. The quantitative estimate of drug-likeness (QED) is 0.728. The lowest BCUT2D eigenvalue weighted by Crippen LogP contribution is -1.99. The molecule has 0 N–H and O–H groups in total. The minimum Gasteiger partial charge on any atom is -0.263 e. The summed E-state index contributed by atoms with van der Waals surface area (Å²) in [6.07, 6.45) is 7.76. The van der Waals surface area contributed by atoms with Gasteiger partial charge in [0, 0.05) is 12.4 Å². The van der Waals surface area contributed by atoms with Gasteiger partial charge in [0.05, 0.1) is 5.56 Å². The van der Waals surface area contributed by atoms with Gasteiger partial charge in [-0.05, 0) is 24.0 Å². The van der Waals surface area contributed by atoms with Crippen molar-refractivity contribution in [3.8, 4) is 6.07 Å². The molecule has 0 radical (unpaired) electrons. The zero-order chi connectivity index (χ0) is 10.4. The summed E-state index contributed by atoms with van der Waals surface area (Å²) in [7, 11) is 0. The third-order valence-corrected chi connectivity index (χ3v) is 2.29. The number of hydrogen-bond acceptors (Lipinski definition) is 2. The lowest BCUT2D eigenvalue weighted by Gasteiger charge is -2.08. The van der Waals surface area contributed by atoms with E-state index in [1.165, 1.54) is 11.1 Å². The largest absolute Gasteiger partial charge is 0.263 e. The van der Waals surface area contributed by atoms with E-state index in [1.807, 2.05) is 6.20 Å². The molecule has 2 nitrogen and oxygen atoms in total. The highest BCUT2D eigenvalue weighted by Crippen LogP contribution is 2.16. The van der Waals surface area contributed by atoms with Crippen molar-refractivity contribution in [1.29, 1.82) is 5.26 Å². The summed E-state index contributed by atoms with van der Waals surface area (Å²) in [4.78, 5) is 4.09. The smallest absolute Gasteiger partial charge is 0.101 e. The number of nitrogens with zero attached hydrogens (tertiary/aromatic N) is 2. The molecule has 0 saturated carbocycles. The first-order valence-corrected chi connectivity index (χ1v) is 5.19. The van der Waals surface area contributed by atoms with Crippen molar-refractivity contribution < 1.29 is 0 Å².